The van der Waals surface area contributed by atoms with Gasteiger partial charge in [0.2, 0.25) is 0 Å². The second kappa shape index (κ2) is 64.7. The average molecular weight is 1100 g/mol. The van der Waals surface area contributed by atoms with Gasteiger partial charge >= 0.3 is 61.7 Å². The van der Waals surface area contributed by atoms with Gasteiger partial charge < -0.3 is 28.4 Å². The monoisotopic (exact) mass is 1100 g/mol. The van der Waals surface area contributed by atoms with Crippen LogP contribution < -0.4 is 0 Å². The molecular formula is C57H111InO12. The molecule has 0 N–H and O–H groups in total. The third-order valence-corrected chi connectivity index (χ3v) is 11.4. The first-order valence-corrected chi connectivity index (χ1v) is 28.5. The van der Waals surface area contributed by atoms with Gasteiger partial charge in [-0.25, -0.2) is 0 Å². The molecule has 0 fully saturated rings. The molecule has 0 aliphatic carbocycles. The van der Waals surface area contributed by atoms with E-state index in [4.69, 9.17) is 28.4 Å². The molecule has 0 bridgehead atoms. The van der Waals surface area contributed by atoms with Gasteiger partial charge in [0.25, 0.3) is 0 Å². The van der Waals surface area contributed by atoms with Crippen LogP contribution in [0.25, 0.3) is 0 Å². The van der Waals surface area contributed by atoms with Crippen LogP contribution in [0.3, 0.4) is 0 Å². The minimum atomic E-state index is -0.466. The Balaban J connectivity index is -0.000000463. The molecule has 0 saturated heterocycles. The Bertz CT molecular complexity index is 929. The fraction of sp³-hybridized carbons (Fsp3) is 0.895. The summed E-state index contributed by atoms with van der Waals surface area (Å²) in [5.74, 6) is -2.80. The van der Waals surface area contributed by atoms with E-state index in [2.05, 4.69) is 41.5 Å². The van der Waals surface area contributed by atoms with E-state index in [1.807, 2.05) is 0 Å². The summed E-state index contributed by atoms with van der Waals surface area (Å²) in [6.07, 6.45) is 40.6. The number of hydrogen-bond donors (Lipinski definition) is 0. The van der Waals surface area contributed by atoms with Crippen LogP contribution in [0.15, 0.2) is 0 Å². The maximum absolute atomic E-state index is 11.5. The molecule has 0 saturated carbocycles. The molecule has 70 heavy (non-hydrogen) atoms. The van der Waals surface area contributed by atoms with Crippen LogP contribution in [0.2, 0.25) is 0 Å². The molecule has 0 rings (SSSR count). The van der Waals surface area contributed by atoms with Crippen LogP contribution in [0.4, 0.5) is 0 Å². The van der Waals surface area contributed by atoms with Crippen LogP contribution in [0, 0.1) is 0 Å². The van der Waals surface area contributed by atoms with Gasteiger partial charge in [-0.2, -0.15) is 0 Å². The number of carbonyl (C=O) groups excluding carboxylic acids is 6. The second-order valence-electron chi connectivity index (χ2n) is 18.5. The van der Waals surface area contributed by atoms with Gasteiger partial charge in [0.15, 0.2) is 0 Å². The second-order valence-corrected chi connectivity index (χ2v) is 18.5. The van der Waals surface area contributed by atoms with Crippen molar-refractivity contribution in [1.82, 2.24) is 0 Å². The van der Waals surface area contributed by atoms with Crippen molar-refractivity contribution in [3.8, 4) is 0 Å². The third-order valence-electron chi connectivity index (χ3n) is 11.4. The molecule has 0 aromatic carbocycles. The van der Waals surface area contributed by atoms with E-state index in [9.17, 15) is 28.8 Å². The van der Waals surface area contributed by atoms with E-state index >= 15 is 0 Å². The summed E-state index contributed by atoms with van der Waals surface area (Å²) in [6, 6.07) is 0. The zero-order valence-corrected chi connectivity index (χ0v) is 45.7. The molecule has 12 nitrogen and oxygen atoms in total. The number of hydrogen-bond acceptors (Lipinski definition) is 12. The molecule has 0 heterocycles. The summed E-state index contributed by atoms with van der Waals surface area (Å²) >= 11 is 0. The van der Waals surface area contributed by atoms with E-state index in [1.165, 1.54) is 154 Å². The quantitative estimate of drug-likeness (QED) is 0.0246. The van der Waals surface area contributed by atoms with Gasteiger partial charge in [-0.15, -0.1) is 0 Å². The van der Waals surface area contributed by atoms with E-state index in [0.29, 0.717) is 39.6 Å². The Hall–Kier alpha value is -2.31. The van der Waals surface area contributed by atoms with Crippen LogP contribution >= 0.6 is 0 Å². The van der Waals surface area contributed by atoms with Gasteiger partial charge in [-0.1, -0.05) is 234 Å². The fourth-order valence-corrected chi connectivity index (χ4v) is 7.07. The Morgan fingerprint density at radius 1 is 0.200 bits per heavy atom. The van der Waals surface area contributed by atoms with Crippen molar-refractivity contribution in [2.75, 3.05) is 39.6 Å². The van der Waals surface area contributed by atoms with Crippen molar-refractivity contribution in [1.29, 1.82) is 0 Å². The zero-order chi connectivity index (χ0) is 51.5. The third kappa shape index (κ3) is 67.8. The van der Waals surface area contributed by atoms with E-state index < -0.39 is 35.8 Å². The van der Waals surface area contributed by atoms with Gasteiger partial charge in [0, 0.05) is 0 Å². The topological polar surface area (TPSA) is 158 Å². The van der Waals surface area contributed by atoms with E-state index in [1.54, 1.807) is 0 Å². The molecule has 0 aliphatic heterocycles. The number of unbranched alkanes of at least 4 members (excludes halogenated alkanes) is 30. The van der Waals surface area contributed by atoms with Crippen LogP contribution in [0.5, 0.6) is 0 Å². The average Bonchev–Trinajstić information content (AvgIpc) is 3.32. The number of esters is 6. The molecule has 414 valence electrons. The van der Waals surface area contributed by atoms with Crippen molar-refractivity contribution in [2.45, 2.75) is 292 Å². The first kappa shape index (κ1) is 74.2. The SMILES string of the molecule is CCCCCCCCOC(=O)CC(=O)OCCCCCCCC.CCCCCCCCOC(=O)CC(=O)OCCCCCCCC.CCCCCCCCOC(=O)CC(=O)OCCCCCCCC.[InH3]. The zero-order valence-electron chi connectivity index (χ0n) is 45.7. The molecule has 0 aromatic rings. The molecule has 0 amide bonds. The Labute approximate surface area is 448 Å². The summed E-state index contributed by atoms with van der Waals surface area (Å²) < 4.78 is 30.3. The molecular weight excluding hydrogens is 991 g/mol. The summed E-state index contributed by atoms with van der Waals surface area (Å²) in [6.45, 7) is 15.6. The normalized spacial score (nSPS) is 10.4. The van der Waals surface area contributed by atoms with E-state index in [0.717, 1.165) is 77.0 Å². The van der Waals surface area contributed by atoms with Gasteiger partial charge in [0.05, 0.1) is 39.6 Å². The standard InChI is InChI=1S/3C19H36O4.In.3H/c3*1-3-5-7-9-11-13-15-22-18(20)17-19(21)23-16-14-12-10-8-6-4-2;;;;/h3*3-17H2,1-2H3;;;;. The summed E-state index contributed by atoms with van der Waals surface area (Å²) in [4.78, 5) is 68.8. The number of ether oxygens (including phenoxy) is 6. The molecule has 0 atom stereocenters. The maximum atomic E-state index is 11.5. The first-order valence-electron chi connectivity index (χ1n) is 28.5. The van der Waals surface area contributed by atoms with Gasteiger partial charge in [-0.3, -0.25) is 28.8 Å². The van der Waals surface area contributed by atoms with Crippen molar-refractivity contribution >= 4 is 61.7 Å². The van der Waals surface area contributed by atoms with Gasteiger partial charge in [-0.05, 0) is 38.5 Å². The van der Waals surface area contributed by atoms with Crippen molar-refractivity contribution in [2.24, 2.45) is 0 Å². The molecule has 0 aliphatic rings. The van der Waals surface area contributed by atoms with Gasteiger partial charge in [0.1, 0.15) is 19.3 Å². The van der Waals surface area contributed by atoms with E-state index in [-0.39, 0.29) is 45.1 Å². The predicted molar refractivity (Wildman–Crippen MR) is 290 cm³/mol. The summed E-state index contributed by atoms with van der Waals surface area (Å²) in [5, 5.41) is 0. The molecule has 0 unspecified atom stereocenters. The number of carbonyl (C=O) groups is 6. The summed E-state index contributed by atoms with van der Waals surface area (Å²) in [5.41, 5.74) is 0. The summed E-state index contributed by atoms with van der Waals surface area (Å²) in [7, 11) is 0. The predicted octanol–water partition coefficient (Wildman–Crippen LogP) is 14.4. The Kier molecular flexibility index (Phi) is 68.6. The molecule has 0 radical (unpaired) electrons. The van der Waals surface area contributed by atoms with Crippen LogP contribution in [0.1, 0.15) is 292 Å². The van der Waals surface area contributed by atoms with Crippen LogP contribution in [-0.4, -0.2) is 101 Å². The molecule has 0 spiro atoms. The van der Waals surface area contributed by atoms with Crippen molar-refractivity contribution in [3.63, 3.8) is 0 Å². The fourth-order valence-electron chi connectivity index (χ4n) is 7.07. The van der Waals surface area contributed by atoms with Crippen molar-refractivity contribution in [3.05, 3.63) is 0 Å². The number of rotatable bonds is 48. The molecule has 0 aromatic heterocycles. The first-order chi connectivity index (χ1) is 33.6. The minimum absolute atomic E-state index is 0. The van der Waals surface area contributed by atoms with Crippen LogP contribution in [-0.2, 0) is 57.2 Å². The Morgan fingerprint density at radius 2 is 0.314 bits per heavy atom. The Morgan fingerprint density at radius 3 is 0.443 bits per heavy atom. The molecule has 13 heteroatoms. The van der Waals surface area contributed by atoms with Crippen molar-refractivity contribution < 1.29 is 57.2 Å².